The van der Waals surface area contributed by atoms with Crippen LogP contribution in [0.2, 0.25) is 0 Å². The van der Waals surface area contributed by atoms with E-state index in [2.05, 4.69) is 52.1 Å². The molecule has 0 bridgehead atoms. The van der Waals surface area contributed by atoms with Crippen molar-refractivity contribution in [2.24, 2.45) is 4.99 Å². The molecule has 0 N–H and O–H groups in total. The number of hydrogen-bond donors (Lipinski definition) is 0. The lowest BCUT2D eigenvalue weighted by Gasteiger charge is -2.19. The van der Waals surface area contributed by atoms with Crippen LogP contribution in [0.3, 0.4) is 0 Å². The van der Waals surface area contributed by atoms with Crippen LogP contribution in [-0.4, -0.2) is 11.5 Å². The van der Waals surface area contributed by atoms with Gasteiger partial charge in [-0.25, -0.2) is 0 Å². The van der Waals surface area contributed by atoms with Gasteiger partial charge in [-0.05, 0) is 80.7 Å². The number of aliphatic imine (C=N–C) groups is 1. The molecule has 2 rings (SSSR count). The van der Waals surface area contributed by atoms with E-state index in [-0.39, 0.29) is 5.78 Å². The predicted octanol–water partition coefficient (Wildman–Crippen LogP) is 7.48. The van der Waals surface area contributed by atoms with E-state index in [0.29, 0.717) is 5.41 Å². The molecule has 0 radical (unpaired) electrons. The van der Waals surface area contributed by atoms with Crippen molar-refractivity contribution >= 4 is 11.5 Å². The summed E-state index contributed by atoms with van der Waals surface area (Å²) in [6, 6.07) is 6.22. The van der Waals surface area contributed by atoms with Gasteiger partial charge in [0.15, 0.2) is 5.78 Å². The minimum Gasteiger partial charge on any atom is -0.295 e. The average Bonchev–Trinajstić information content (AvgIpc) is 3.49. The first-order valence-electron chi connectivity index (χ1n) is 10.7. The molecule has 2 heteroatoms. The van der Waals surface area contributed by atoms with Crippen molar-refractivity contribution in [2.75, 3.05) is 0 Å². The highest BCUT2D eigenvalue weighted by molar-refractivity contribution is 5.95. The van der Waals surface area contributed by atoms with Crippen molar-refractivity contribution in [3.63, 3.8) is 0 Å². The fourth-order valence-corrected chi connectivity index (χ4v) is 3.92. The van der Waals surface area contributed by atoms with Crippen molar-refractivity contribution in [1.29, 1.82) is 0 Å². The Morgan fingerprint density at radius 2 is 1.87 bits per heavy atom. The number of rotatable bonds is 10. The van der Waals surface area contributed by atoms with Crippen molar-refractivity contribution < 1.29 is 4.79 Å². The van der Waals surface area contributed by atoms with Gasteiger partial charge < -0.3 is 0 Å². The van der Waals surface area contributed by atoms with Crippen LogP contribution in [-0.2, 0) is 11.8 Å². The van der Waals surface area contributed by atoms with E-state index in [1.165, 1.54) is 24.0 Å². The highest BCUT2D eigenvalue weighted by Crippen LogP contribution is 2.52. The highest BCUT2D eigenvalue weighted by atomic mass is 16.1. The van der Waals surface area contributed by atoms with Crippen LogP contribution in [0, 0.1) is 0 Å². The smallest absolute Gasteiger partial charge is 0.159 e. The summed E-state index contributed by atoms with van der Waals surface area (Å²) >= 11 is 0. The lowest BCUT2D eigenvalue weighted by molar-refractivity contribution is 0.101. The van der Waals surface area contributed by atoms with Gasteiger partial charge in [-0.15, -0.1) is 0 Å². The van der Waals surface area contributed by atoms with Gasteiger partial charge in [-0.2, -0.15) is 0 Å². The van der Waals surface area contributed by atoms with Crippen LogP contribution in [0.5, 0.6) is 0 Å². The van der Waals surface area contributed by atoms with Gasteiger partial charge in [0, 0.05) is 23.9 Å². The Morgan fingerprint density at radius 1 is 1.17 bits per heavy atom. The van der Waals surface area contributed by atoms with Gasteiger partial charge in [0.25, 0.3) is 0 Å². The van der Waals surface area contributed by atoms with Crippen molar-refractivity contribution in [3.05, 3.63) is 95.3 Å². The summed E-state index contributed by atoms with van der Waals surface area (Å²) in [5, 5.41) is 0. The molecule has 0 amide bonds. The molecule has 0 aromatic heterocycles. The number of carbonyl (C=O) groups excluding carboxylic acids is 1. The van der Waals surface area contributed by atoms with Gasteiger partial charge in [0.2, 0.25) is 0 Å². The summed E-state index contributed by atoms with van der Waals surface area (Å²) < 4.78 is 0. The summed E-state index contributed by atoms with van der Waals surface area (Å²) in [7, 11) is 0. The SMILES string of the molecule is C=C\C=C(C)/C=C(C)/C(C=C)=C/N=C(\C)Cc1cc(C(C)=O)ccc1C1(CC)CC1. The second kappa shape index (κ2) is 10.3. The van der Waals surface area contributed by atoms with Crippen LogP contribution < -0.4 is 0 Å². The fourth-order valence-electron chi connectivity index (χ4n) is 3.92. The molecule has 1 fully saturated rings. The third-order valence-electron chi connectivity index (χ3n) is 5.98. The molecular weight excluding hydrogens is 366 g/mol. The number of hydrogen-bond acceptors (Lipinski definition) is 2. The fraction of sp³-hybridized carbons (Fsp3) is 0.357. The van der Waals surface area contributed by atoms with Crippen LogP contribution >= 0.6 is 0 Å². The maximum atomic E-state index is 11.9. The second-order valence-corrected chi connectivity index (χ2v) is 8.37. The van der Waals surface area contributed by atoms with E-state index in [0.717, 1.165) is 40.8 Å². The van der Waals surface area contributed by atoms with E-state index in [1.807, 2.05) is 31.3 Å². The van der Waals surface area contributed by atoms with Crippen molar-refractivity contribution in [2.45, 2.75) is 65.7 Å². The quantitative estimate of drug-likeness (QED) is 0.227. The predicted molar refractivity (Wildman–Crippen MR) is 130 cm³/mol. The standard InChI is InChI=1S/C28H35NO/c1-8-11-20(4)16-21(5)24(9-2)19-29-22(6)17-26-18-25(23(7)30)12-13-27(26)28(10-3)14-15-28/h8-9,11-13,16,18-19H,1-2,10,14-15,17H2,3-7H3/b20-11-,21-16+,24-19+,29-22+. The molecule has 1 aliphatic rings. The Morgan fingerprint density at radius 3 is 2.40 bits per heavy atom. The lowest BCUT2D eigenvalue weighted by atomic mass is 9.86. The molecule has 0 heterocycles. The number of Topliss-reactive ketones (excluding diaryl/α,β-unsaturated/α-hetero) is 1. The summed E-state index contributed by atoms with van der Waals surface area (Å²) in [5.74, 6) is 0.108. The highest BCUT2D eigenvalue weighted by Gasteiger charge is 2.43. The normalized spacial score (nSPS) is 17.0. The number of benzene rings is 1. The molecule has 0 aliphatic heterocycles. The topological polar surface area (TPSA) is 29.4 Å². The van der Waals surface area contributed by atoms with E-state index >= 15 is 0 Å². The maximum Gasteiger partial charge on any atom is 0.159 e. The summed E-state index contributed by atoms with van der Waals surface area (Å²) in [6.45, 7) is 17.7. The number of carbonyl (C=O) groups is 1. The Kier molecular flexibility index (Phi) is 8.11. The first-order valence-corrected chi connectivity index (χ1v) is 10.7. The Balaban J connectivity index is 2.33. The van der Waals surface area contributed by atoms with Gasteiger partial charge in [-0.3, -0.25) is 9.79 Å². The molecule has 2 nitrogen and oxygen atoms in total. The molecule has 30 heavy (non-hydrogen) atoms. The van der Waals surface area contributed by atoms with Crippen LogP contribution in [0.15, 0.2) is 83.6 Å². The van der Waals surface area contributed by atoms with E-state index in [9.17, 15) is 4.79 Å². The number of allylic oxidation sites excluding steroid dienone is 7. The molecule has 1 aromatic carbocycles. The maximum absolute atomic E-state index is 11.9. The zero-order valence-electron chi connectivity index (χ0n) is 19.2. The van der Waals surface area contributed by atoms with E-state index in [4.69, 9.17) is 4.99 Å². The number of nitrogens with zero attached hydrogens (tertiary/aromatic N) is 1. The Bertz CT molecular complexity index is 949. The molecule has 1 aliphatic carbocycles. The molecule has 0 saturated heterocycles. The monoisotopic (exact) mass is 401 g/mol. The Labute approximate surface area is 182 Å². The van der Waals surface area contributed by atoms with Crippen LogP contribution in [0.1, 0.15) is 75.4 Å². The molecular formula is C28H35NO. The van der Waals surface area contributed by atoms with Crippen molar-refractivity contribution in [3.8, 4) is 0 Å². The first kappa shape index (κ1) is 23.5. The molecule has 0 spiro atoms. The zero-order chi connectivity index (χ0) is 22.3. The first-order chi connectivity index (χ1) is 14.3. The third kappa shape index (κ3) is 5.89. The summed E-state index contributed by atoms with van der Waals surface area (Å²) in [4.78, 5) is 16.7. The Hall–Kier alpha value is -2.74. The van der Waals surface area contributed by atoms with E-state index < -0.39 is 0 Å². The van der Waals surface area contributed by atoms with Crippen LogP contribution in [0.25, 0.3) is 0 Å². The van der Waals surface area contributed by atoms with Gasteiger partial charge in [-0.1, -0.05) is 62.1 Å². The third-order valence-corrected chi connectivity index (χ3v) is 5.98. The summed E-state index contributed by atoms with van der Waals surface area (Å²) in [6.07, 6.45) is 13.9. The summed E-state index contributed by atoms with van der Waals surface area (Å²) in [5.41, 5.74) is 7.95. The van der Waals surface area contributed by atoms with Crippen LogP contribution in [0.4, 0.5) is 0 Å². The number of ketones is 1. The molecule has 0 unspecified atom stereocenters. The lowest BCUT2D eigenvalue weighted by Crippen LogP contribution is -2.12. The average molecular weight is 402 g/mol. The molecule has 1 saturated carbocycles. The minimum atomic E-state index is 0.108. The molecule has 158 valence electrons. The minimum absolute atomic E-state index is 0.108. The van der Waals surface area contributed by atoms with E-state index in [1.54, 1.807) is 13.0 Å². The molecule has 0 atom stereocenters. The van der Waals surface area contributed by atoms with Gasteiger partial charge >= 0.3 is 0 Å². The zero-order valence-corrected chi connectivity index (χ0v) is 19.2. The largest absolute Gasteiger partial charge is 0.295 e. The van der Waals surface area contributed by atoms with Gasteiger partial charge in [0.1, 0.15) is 0 Å². The molecule has 1 aromatic rings. The second-order valence-electron chi connectivity index (χ2n) is 8.37. The van der Waals surface area contributed by atoms with Gasteiger partial charge in [0.05, 0.1) is 0 Å². The van der Waals surface area contributed by atoms with Crippen molar-refractivity contribution in [1.82, 2.24) is 0 Å².